The van der Waals surface area contributed by atoms with Gasteiger partial charge in [-0.25, -0.2) is 4.39 Å². The van der Waals surface area contributed by atoms with Crippen LogP contribution in [0.2, 0.25) is 0 Å². The van der Waals surface area contributed by atoms with E-state index in [0.717, 1.165) is 48.4 Å². The van der Waals surface area contributed by atoms with Crippen molar-refractivity contribution >= 4 is 17.5 Å². The number of hydrogen-bond donors (Lipinski definition) is 2. The number of carbonyl (C=O) groups is 2. The molecule has 1 atom stereocenters. The summed E-state index contributed by atoms with van der Waals surface area (Å²) < 4.78 is 13.4. The molecule has 0 aromatic heterocycles. The predicted octanol–water partition coefficient (Wildman–Crippen LogP) is 2.79. The molecule has 2 aromatic rings. The monoisotopic (exact) mass is 426 g/mol. The zero-order valence-corrected chi connectivity index (χ0v) is 18.7. The summed E-state index contributed by atoms with van der Waals surface area (Å²) in [6.07, 6.45) is 0. The van der Waals surface area contributed by atoms with Gasteiger partial charge in [0.05, 0.1) is 6.04 Å². The van der Waals surface area contributed by atoms with Gasteiger partial charge in [-0.05, 0) is 56.6 Å². The number of likely N-dealkylation sites (N-methyl/N-ethyl adjacent to an activating group) is 1. The van der Waals surface area contributed by atoms with Gasteiger partial charge in [0.2, 0.25) is 0 Å². The van der Waals surface area contributed by atoms with Crippen LogP contribution in [-0.4, -0.2) is 61.4 Å². The largest absolute Gasteiger partial charge is 0.346 e. The van der Waals surface area contributed by atoms with E-state index in [1.165, 1.54) is 12.1 Å². The second kappa shape index (κ2) is 10.0. The normalized spacial score (nSPS) is 16.0. The van der Waals surface area contributed by atoms with E-state index in [4.69, 9.17) is 0 Å². The molecule has 0 aliphatic carbocycles. The first-order chi connectivity index (χ1) is 14.7. The van der Waals surface area contributed by atoms with Crippen LogP contribution >= 0.6 is 0 Å². The fraction of sp³-hybridized carbons (Fsp3) is 0.417. The van der Waals surface area contributed by atoms with Gasteiger partial charge in [0.25, 0.3) is 0 Å². The van der Waals surface area contributed by atoms with Gasteiger partial charge in [-0.3, -0.25) is 14.5 Å². The lowest BCUT2D eigenvalue weighted by Crippen LogP contribution is -2.49. The number of benzene rings is 2. The first kappa shape index (κ1) is 22.9. The van der Waals surface area contributed by atoms with Crippen molar-refractivity contribution in [3.05, 3.63) is 64.5 Å². The number of rotatable bonds is 5. The predicted molar refractivity (Wildman–Crippen MR) is 121 cm³/mol. The first-order valence-corrected chi connectivity index (χ1v) is 10.6. The lowest BCUT2D eigenvalue weighted by atomic mass is 10.0. The van der Waals surface area contributed by atoms with Gasteiger partial charge in [-0.1, -0.05) is 29.8 Å². The zero-order valence-electron chi connectivity index (χ0n) is 18.7. The number of amides is 2. The topological polar surface area (TPSA) is 64.7 Å². The third kappa shape index (κ3) is 5.89. The lowest BCUT2D eigenvalue weighted by Gasteiger charge is -2.38. The second-order valence-electron chi connectivity index (χ2n) is 8.34. The highest BCUT2D eigenvalue weighted by atomic mass is 19.1. The first-order valence-electron chi connectivity index (χ1n) is 10.6. The molecule has 1 saturated heterocycles. The third-order valence-corrected chi connectivity index (χ3v) is 5.81. The molecule has 1 aliphatic rings. The number of anilines is 1. The number of aryl methyl sites for hydroxylation is 3. The summed E-state index contributed by atoms with van der Waals surface area (Å²) in [5.41, 5.74) is 4.52. The molecule has 0 bridgehead atoms. The molecular formula is C24H31FN4O2. The fourth-order valence-corrected chi connectivity index (χ4v) is 4.09. The molecule has 1 aliphatic heterocycles. The van der Waals surface area contributed by atoms with Crippen LogP contribution < -0.4 is 10.6 Å². The van der Waals surface area contributed by atoms with Gasteiger partial charge in [0.1, 0.15) is 5.82 Å². The molecule has 31 heavy (non-hydrogen) atoms. The molecule has 2 N–H and O–H groups in total. The van der Waals surface area contributed by atoms with Crippen molar-refractivity contribution in [1.82, 2.24) is 15.1 Å². The molecule has 2 amide bonds. The fourth-order valence-electron chi connectivity index (χ4n) is 4.09. The number of piperazine rings is 1. The highest BCUT2D eigenvalue weighted by Gasteiger charge is 2.26. The minimum absolute atomic E-state index is 0.131. The van der Waals surface area contributed by atoms with E-state index >= 15 is 0 Å². The standard InChI is InChI=1S/C24H31FN4O2/c1-16-13-17(2)22(18(3)14-16)27-24(31)23(30)26-15-21(19-5-7-20(25)8-6-19)29-11-9-28(4)10-12-29/h5-8,13-14,21H,9-12,15H2,1-4H3,(H,26,30)(H,27,31)/t21-/m0/s1. The quantitative estimate of drug-likeness (QED) is 0.722. The SMILES string of the molecule is Cc1cc(C)c(NC(=O)C(=O)NC[C@@H](c2ccc(F)cc2)N2CCN(C)CC2)c(C)c1. The Morgan fingerprint density at radius 1 is 0.968 bits per heavy atom. The molecule has 0 unspecified atom stereocenters. The van der Waals surface area contributed by atoms with Crippen molar-refractivity contribution in [1.29, 1.82) is 0 Å². The van der Waals surface area contributed by atoms with Crippen molar-refractivity contribution in [2.24, 2.45) is 0 Å². The minimum atomic E-state index is -0.689. The van der Waals surface area contributed by atoms with Gasteiger partial charge < -0.3 is 15.5 Å². The smallest absolute Gasteiger partial charge is 0.313 e. The van der Waals surface area contributed by atoms with Gasteiger partial charge in [0.15, 0.2) is 0 Å². The Hall–Kier alpha value is -2.77. The van der Waals surface area contributed by atoms with Crippen LogP contribution in [0.1, 0.15) is 28.3 Å². The molecule has 0 radical (unpaired) electrons. The van der Waals surface area contributed by atoms with Crippen LogP contribution in [0, 0.1) is 26.6 Å². The summed E-state index contributed by atoms with van der Waals surface area (Å²) in [5, 5.41) is 5.52. The molecule has 0 spiro atoms. The van der Waals surface area contributed by atoms with Crippen LogP contribution in [0.25, 0.3) is 0 Å². The zero-order chi connectivity index (χ0) is 22.5. The summed E-state index contributed by atoms with van der Waals surface area (Å²) >= 11 is 0. The maximum atomic E-state index is 13.4. The Bertz CT molecular complexity index is 914. The summed E-state index contributed by atoms with van der Waals surface area (Å²) in [4.78, 5) is 29.6. The van der Waals surface area contributed by atoms with Crippen LogP contribution in [-0.2, 0) is 9.59 Å². The molecule has 6 nitrogen and oxygen atoms in total. The van der Waals surface area contributed by atoms with E-state index in [1.807, 2.05) is 32.9 Å². The minimum Gasteiger partial charge on any atom is -0.346 e. The third-order valence-electron chi connectivity index (χ3n) is 5.81. The van der Waals surface area contributed by atoms with E-state index in [-0.39, 0.29) is 18.4 Å². The van der Waals surface area contributed by atoms with E-state index in [9.17, 15) is 14.0 Å². The van der Waals surface area contributed by atoms with Gasteiger partial charge >= 0.3 is 11.8 Å². The highest BCUT2D eigenvalue weighted by molar-refractivity contribution is 6.39. The van der Waals surface area contributed by atoms with E-state index in [2.05, 4.69) is 27.5 Å². The summed E-state index contributed by atoms with van der Waals surface area (Å²) in [7, 11) is 2.07. The molecule has 7 heteroatoms. The molecule has 1 fully saturated rings. The van der Waals surface area contributed by atoms with Gasteiger partial charge in [-0.15, -0.1) is 0 Å². The van der Waals surface area contributed by atoms with Crippen molar-refractivity contribution in [3.63, 3.8) is 0 Å². The van der Waals surface area contributed by atoms with Crippen molar-refractivity contribution in [2.75, 3.05) is 45.1 Å². The van der Waals surface area contributed by atoms with Gasteiger partial charge in [0, 0.05) is 38.4 Å². The van der Waals surface area contributed by atoms with E-state index in [1.54, 1.807) is 12.1 Å². The molecule has 3 rings (SSSR count). The average Bonchev–Trinajstić information content (AvgIpc) is 2.72. The molecule has 166 valence electrons. The average molecular weight is 427 g/mol. The Labute approximate surface area is 183 Å². The number of hydrogen-bond acceptors (Lipinski definition) is 4. The molecular weight excluding hydrogens is 395 g/mol. The number of halogens is 1. The van der Waals surface area contributed by atoms with Crippen molar-refractivity contribution in [2.45, 2.75) is 26.8 Å². The maximum Gasteiger partial charge on any atom is 0.313 e. The van der Waals surface area contributed by atoms with Crippen LogP contribution in [0.5, 0.6) is 0 Å². The molecule has 0 saturated carbocycles. The summed E-state index contributed by atoms with van der Waals surface area (Å²) in [6.45, 7) is 9.58. The maximum absolute atomic E-state index is 13.4. The van der Waals surface area contributed by atoms with E-state index < -0.39 is 11.8 Å². The Morgan fingerprint density at radius 2 is 1.55 bits per heavy atom. The van der Waals surface area contributed by atoms with Crippen molar-refractivity contribution < 1.29 is 14.0 Å². The van der Waals surface area contributed by atoms with Crippen molar-refractivity contribution in [3.8, 4) is 0 Å². The second-order valence-corrected chi connectivity index (χ2v) is 8.34. The summed E-state index contributed by atoms with van der Waals surface area (Å²) in [6, 6.07) is 10.1. The van der Waals surface area contributed by atoms with E-state index in [0.29, 0.717) is 5.69 Å². The summed E-state index contributed by atoms with van der Waals surface area (Å²) in [5.74, 6) is -1.67. The molecule has 2 aromatic carbocycles. The Morgan fingerprint density at radius 3 is 2.13 bits per heavy atom. The van der Waals surface area contributed by atoms with Gasteiger partial charge in [-0.2, -0.15) is 0 Å². The lowest BCUT2D eigenvalue weighted by molar-refractivity contribution is -0.136. The van der Waals surface area contributed by atoms with Crippen LogP contribution in [0.15, 0.2) is 36.4 Å². The number of nitrogens with one attached hydrogen (secondary N) is 2. The molecule has 1 heterocycles. The number of carbonyl (C=O) groups excluding carboxylic acids is 2. The number of nitrogens with zero attached hydrogens (tertiary/aromatic N) is 2. The Kier molecular flexibility index (Phi) is 7.41. The highest BCUT2D eigenvalue weighted by Crippen LogP contribution is 2.23. The Balaban J connectivity index is 1.68. The van der Waals surface area contributed by atoms with Crippen LogP contribution in [0.4, 0.5) is 10.1 Å². The van der Waals surface area contributed by atoms with Crippen LogP contribution in [0.3, 0.4) is 0 Å².